The quantitative estimate of drug-likeness (QED) is 0.427. The monoisotopic (exact) mass is 466 g/mol. The van der Waals surface area contributed by atoms with Crippen LogP contribution < -0.4 is 5.32 Å². The van der Waals surface area contributed by atoms with Gasteiger partial charge in [-0.1, -0.05) is 26.0 Å². The molecule has 2 aliphatic carbocycles. The Morgan fingerprint density at radius 3 is 2.60 bits per heavy atom. The number of para-hydroxylation sites is 2. The normalized spacial score (nSPS) is 23.4. The standard InChI is InChI=1S/C22H19BrN4O3/c1-21(2)13-9-10-22(21,19-18(13)24-15-5-3-4-6-16(15)25-19)20(28)26-17-11-12(27(29)30)7-8-14(17)23/h3-8,11,13H,9-10H2,1-2H3,(H,26,28). The van der Waals surface area contributed by atoms with E-state index < -0.39 is 10.3 Å². The molecular weight excluding hydrogens is 448 g/mol. The average Bonchev–Trinajstić information content (AvgIpc) is 3.09. The number of hydrogen-bond acceptors (Lipinski definition) is 5. The molecule has 152 valence electrons. The molecule has 8 heteroatoms. The van der Waals surface area contributed by atoms with Crippen LogP contribution in [0.25, 0.3) is 11.0 Å². The van der Waals surface area contributed by atoms with Gasteiger partial charge in [0.05, 0.1) is 38.4 Å². The summed E-state index contributed by atoms with van der Waals surface area (Å²) in [5.41, 5.74) is 2.33. The van der Waals surface area contributed by atoms with Crippen LogP contribution in [0.2, 0.25) is 0 Å². The molecule has 1 amide bonds. The molecule has 5 rings (SSSR count). The summed E-state index contributed by atoms with van der Waals surface area (Å²) in [4.78, 5) is 34.3. The van der Waals surface area contributed by atoms with Gasteiger partial charge in [-0.05, 0) is 52.4 Å². The lowest BCUT2D eigenvalue weighted by molar-refractivity contribution is -0.384. The van der Waals surface area contributed by atoms with Crippen molar-refractivity contribution in [3.8, 4) is 0 Å². The van der Waals surface area contributed by atoms with Crippen molar-refractivity contribution in [2.75, 3.05) is 5.32 Å². The van der Waals surface area contributed by atoms with E-state index in [9.17, 15) is 14.9 Å². The van der Waals surface area contributed by atoms with Crippen LogP contribution in [0, 0.1) is 15.5 Å². The minimum absolute atomic E-state index is 0.0767. The van der Waals surface area contributed by atoms with E-state index in [-0.39, 0.29) is 22.9 Å². The van der Waals surface area contributed by atoms with Gasteiger partial charge in [0, 0.05) is 22.5 Å². The Bertz CT molecular complexity index is 1240. The second-order valence-corrected chi connectivity index (χ2v) is 9.39. The maximum Gasteiger partial charge on any atom is 0.271 e. The number of nitrogens with zero attached hydrogens (tertiary/aromatic N) is 3. The number of nitro benzene ring substituents is 1. The van der Waals surface area contributed by atoms with Crippen LogP contribution in [-0.4, -0.2) is 20.8 Å². The number of fused-ring (bicyclic) bond motifs is 6. The van der Waals surface area contributed by atoms with E-state index in [1.54, 1.807) is 6.07 Å². The van der Waals surface area contributed by atoms with Crippen LogP contribution in [0.5, 0.6) is 0 Å². The van der Waals surface area contributed by atoms with Gasteiger partial charge in [-0.2, -0.15) is 0 Å². The van der Waals surface area contributed by atoms with E-state index in [4.69, 9.17) is 9.97 Å². The van der Waals surface area contributed by atoms with Gasteiger partial charge >= 0.3 is 0 Å². The number of hydrogen-bond donors (Lipinski definition) is 1. The minimum Gasteiger partial charge on any atom is -0.324 e. The van der Waals surface area contributed by atoms with Crippen LogP contribution >= 0.6 is 15.9 Å². The molecule has 2 unspecified atom stereocenters. The van der Waals surface area contributed by atoms with E-state index in [0.29, 0.717) is 16.6 Å². The summed E-state index contributed by atoms with van der Waals surface area (Å²) in [6.45, 7) is 4.20. The number of aromatic nitrogens is 2. The Kier molecular flexibility index (Phi) is 4.02. The maximum absolute atomic E-state index is 13.8. The third-order valence-corrected chi connectivity index (χ3v) is 7.60. The van der Waals surface area contributed by atoms with Gasteiger partial charge in [0.25, 0.3) is 5.69 Å². The van der Waals surface area contributed by atoms with Crippen LogP contribution in [0.15, 0.2) is 46.9 Å². The second kappa shape index (κ2) is 6.31. The van der Waals surface area contributed by atoms with Gasteiger partial charge in [0.1, 0.15) is 0 Å². The number of amides is 1. The molecule has 2 atom stereocenters. The zero-order chi connectivity index (χ0) is 21.3. The van der Waals surface area contributed by atoms with Crippen LogP contribution in [-0.2, 0) is 10.2 Å². The van der Waals surface area contributed by atoms with Crippen molar-refractivity contribution in [3.05, 3.63) is 68.4 Å². The number of nitrogens with one attached hydrogen (secondary N) is 1. The molecule has 0 aliphatic heterocycles. The number of rotatable bonds is 3. The third-order valence-electron chi connectivity index (χ3n) is 6.91. The third kappa shape index (κ3) is 2.40. The Labute approximate surface area is 181 Å². The molecule has 0 radical (unpaired) electrons. The fourth-order valence-corrected chi connectivity index (χ4v) is 5.63. The zero-order valence-corrected chi connectivity index (χ0v) is 18.1. The molecule has 2 aromatic carbocycles. The van der Waals surface area contributed by atoms with Crippen LogP contribution in [0.1, 0.15) is 44.0 Å². The number of halogens is 1. The van der Waals surface area contributed by atoms with Crippen LogP contribution in [0.3, 0.4) is 0 Å². The molecule has 3 aromatic rings. The van der Waals surface area contributed by atoms with Crippen molar-refractivity contribution in [3.63, 3.8) is 0 Å². The highest BCUT2D eigenvalue weighted by atomic mass is 79.9. The first kappa shape index (κ1) is 19.1. The number of carbonyl (C=O) groups is 1. The summed E-state index contributed by atoms with van der Waals surface area (Å²) >= 11 is 3.39. The molecule has 1 saturated carbocycles. The Morgan fingerprint density at radius 1 is 1.20 bits per heavy atom. The molecule has 0 spiro atoms. The maximum atomic E-state index is 13.8. The summed E-state index contributed by atoms with van der Waals surface area (Å²) in [5.74, 6) is -0.0524. The van der Waals surface area contributed by atoms with E-state index in [1.165, 1.54) is 12.1 Å². The lowest BCUT2D eigenvalue weighted by Crippen LogP contribution is -2.46. The minimum atomic E-state index is -0.839. The topological polar surface area (TPSA) is 98.0 Å². The summed E-state index contributed by atoms with van der Waals surface area (Å²) in [6.07, 6.45) is 1.53. The van der Waals surface area contributed by atoms with Crippen molar-refractivity contribution in [1.29, 1.82) is 0 Å². The number of benzene rings is 2. The van der Waals surface area contributed by atoms with Crippen molar-refractivity contribution in [1.82, 2.24) is 9.97 Å². The van der Waals surface area contributed by atoms with Gasteiger partial charge in [-0.15, -0.1) is 0 Å². The number of carbonyl (C=O) groups excluding carboxylic acids is 1. The molecule has 7 nitrogen and oxygen atoms in total. The van der Waals surface area contributed by atoms with Crippen molar-refractivity contribution >= 4 is 44.2 Å². The van der Waals surface area contributed by atoms with E-state index in [1.807, 2.05) is 24.3 Å². The molecule has 2 bridgehead atoms. The molecule has 1 fully saturated rings. The number of nitro groups is 1. The summed E-state index contributed by atoms with van der Waals surface area (Å²) in [6, 6.07) is 12.0. The van der Waals surface area contributed by atoms with Gasteiger partial charge < -0.3 is 5.32 Å². The molecule has 2 aliphatic rings. The number of anilines is 1. The van der Waals surface area contributed by atoms with Crippen molar-refractivity contribution < 1.29 is 9.72 Å². The molecule has 1 heterocycles. The first-order valence-corrected chi connectivity index (χ1v) is 10.6. The molecule has 0 saturated heterocycles. The fraction of sp³-hybridized carbons (Fsp3) is 0.318. The predicted molar refractivity (Wildman–Crippen MR) is 116 cm³/mol. The highest BCUT2D eigenvalue weighted by Crippen LogP contribution is 2.67. The smallest absolute Gasteiger partial charge is 0.271 e. The lowest BCUT2D eigenvalue weighted by Gasteiger charge is -2.36. The highest BCUT2D eigenvalue weighted by Gasteiger charge is 2.67. The molecular formula is C22H19BrN4O3. The second-order valence-electron chi connectivity index (χ2n) is 8.54. The first-order valence-electron chi connectivity index (χ1n) is 9.78. The Hall–Kier alpha value is -2.87. The fourth-order valence-electron chi connectivity index (χ4n) is 5.28. The van der Waals surface area contributed by atoms with Crippen LogP contribution in [0.4, 0.5) is 11.4 Å². The van der Waals surface area contributed by atoms with E-state index in [0.717, 1.165) is 28.8 Å². The summed E-state index contributed by atoms with van der Waals surface area (Å²) in [7, 11) is 0. The summed E-state index contributed by atoms with van der Waals surface area (Å²) in [5, 5.41) is 14.1. The highest BCUT2D eigenvalue weighted by molar-refractivity contribution is 9.10. The lowest BCUT2D eigenvalue weighted by atomic mass is 9.67. The predicted octanol–water partition coefficient (Wildman–Crippen LogP) is 5.09. The Morgan fingerprint density at radius 2 is 1.90 bits per heavy atom. The summed E-state index contributed by atoms with van der Waals surface area (Å²) < 4.78 is 0.591. The van der Waals surface area contributed by atoms with Gasteiger partial charge in [0.2, 0.25) is 5.91 Å². The SMILES string of the molecule is CC1(C)C2CCC1(C(=O)Nc1cc([N+](=O)[O-])ccc1Br)c1nc3ccccc3nc12. The molecule has 1 N–H and O–H groups in total. The van der Waals surface area contributed by atoms with Crippen molar-refractivity contribution in [2.24, 2.45) is 5.41 Å². The zero-order valence-electron chi connectivity index (χ0n) is 16.5. The number of non-ortho nitro benzene ring substituents is 1. The molecule has 1 aromatic heterocycles. The van der Waals surface area contributed by atoms with Gasteiger partial charge in [-0.25, -0.2) is 9.97 Å². The largest absolute Gasteiger partial charge is 0.324 e. The van der Waals surface area contributed by atoms with Crippen molar-refractivity contribution in [2.45, 2.75) is 38.0 Å². The molecule has 30 heavy (non-hydrogen) atoms. The Balaban J connectivity index is 1.64. The van der Waals surface area contributed by atoms with E-state index in [2.05, 4.69) is 35.1 Å². The first-order chi connectivity index (χ1) is 14.3. The van der Waals surface area contributed by atoms with Gasteiger partial charge in [0.15, 0.2) is 0 Å². The van der Waals surface area contributed by atoms with E-state index >= 15 is 0 Å². The van der Waals surface area contributed by atoms with Gasteiger partial charge in [-0.3, -0.25) is 14.9 Å². The average molecular weight is 467 g/mol.